The predicted octanol–water partition coefficient (Wildman–Crippen LogP) is 3.71. The van der Waals surface area contributed by atoms with Crippen LogP contribution >= 0.6 is 0 Å². The van der Waals surface area contributed by atoms with Crippen LogP contribution in [-0.4, -0.2) is 6.18 Å². The Hall–Kier alpha value is -1.55. The van der Waals surface area contributed by atoms with Gasteiger partial charge in [0.1, 0.15) is 6.04 Å². The summed E-state index contributed by atoms with van der Waals surface area (Å²) in [6, 6.07) is 8.20. The molecule has 0 unspecified atom stereocenters. The Bertz CT molecular complexity index is 546. The monoisotopic (exact) mass is 239 g/mol. The number of fused-ring (bicyclic) bond motifs is 1. The average Bonchev–Trinajstić information content (AvgIpc) is 2.25. The highest BCUT2D eigenvalue weighted by Gasteiger charge is 2.38. The number of alkyl halides is 3. The van der Waals surface area contributed by atoms with E-state index in [2.05, 4.69) is 0 Å². The Morgan fingerprint density at radius 3 is 2.47 bits per heavy atom. The summed E-state index contributed by atoms with van der Waals surface area (Å²) in [6.07, 6.45) is -4.42. The zero-order chi connectivity index (χ0) is 12.6. The molecule has 17 heavy (non-hydrogen) atoms. The van der Waals surface area contributed by atoms with Gasteiger partial charge in [-0.2, -0.15) is 13.2 Å². The number of hydrogen-bond donors (Lipinski definition) is 1. The molecule has 0 aliphatic rings. The SMILES string of the molecule is Cc1ccc2c([C@H](N)C(F)(F)F)cccc2c1. The molecule has 0 saturated carbocycles. The molecule has 1 atom stereocenters. The van der Waals surface area contributed by atoms with E-state index in [0.29, 0.717) is 5.39 Å². The number of nitrogens with two attached hydrogens (primary N) is 1. The second-order valence-corrected chi connectivity index (χ2v) is 4.09. The second kappa shape index (κ2) is 4.04. The van der Waals surface area contributed by atoms with Crippen LogP contribution in [0.3, 0.4) is 0 Å². The zero-order valence-electron chi connectivity index (χ0n) is 9.25. The molecular weight excluding hydrogens is 227 g/mol. The highest BCUT2D eigenvalue weighted by atomic mass is 19.4. The number of aryl methyl sites for hydroxylation is 1. The van der Waals surface area contributed by atoms with Gasteiger partial charge in [-0.1, -0.05) is 42.0 Å². The van der Waals surface area contributed by atoms with Crippen LogP contribution in [0, 0.1) is 6.92 Å². The van der Waals surface area contributed by atoms with Gasteiger partial charge >= 0.3 is 6.18 Å². The van der Waals surface area contributed by atoms with Crippen molar-refractivity contribution in [2.45, 2.75) is 19.1 Å². The van der Waals surface area contributed by atoms with Crippen LogP contribution in [0.1, 0.15) is 17.2 Å². The minimum absolute atomic E-state index is 0.120. The highest BCUT2D eigenvalue weighted by Crippen LogP contribution is 2.34. The third-order valence-corrected chi connectivity index (χ3v) is 2.76. The molecule has 0 heterocycles. The molecule has 0 fully saturated rings. The number of rotatable bonds is 1. The molecule has 0 spiro atoms. The Morgan fingerprint density at radius 1 is 1.12 bits per heavy atom. The van der Waals surface area contributed by atoms with Gasteiger partial charge in [-0.15, -0.1) is 0 Å². The first-order valence-corrected chi connectivity index (χ1v) is 5.21. The molecule has 2 aromatic carbocycles. The molecule has 1 nitrogen and oxygen atoms in total. The highest BCUT2D eigenvalue weighted by molar-refractivity contribution is 5.86. The van der Waals surface area contributed by atoms with Gasteiger partial charge < -0.3 is 5.73 Å². The number of hydrogen-bond acceptors (Lipinski definition) is 1. The molecule has 0 saturated heterocycles. The van der Waals surface area contributed by atoms with Crippen molar-refractivity contribution in [3.63, 3.8) is 0 Å². The maximum absolute atomic E-state index is 12.6. The van der Waals surface area contributed by atoms with Crippen molar-refractivity contribution < 1.29 is 13.2 Å². The minimum Gasteiger partial charge on any atom is -0.316 e. The standard InChI is InChI=1S/C13H12F3N/c1-8-5-6-10-9(7-8)3-2-4-11(10)12(17)13(14,15)16/h2-7,12H,17H2,1H3/t12-/m0/s1. The van der Waals surface area contributed by atoms with Crippen molar-refractivity contribution in [3.8, 4) is 0 Å². The van der Waals surface area contributed by atoms with E-state index in [1.807, 2.05) is 13.0 Å². The van der Waals surface area contributed by atoms with Crippen LogP contribution in [0.15, 0.2) is 36.4 Å². The molecule has 0 bridgehead atoms. The molecule has 0 amide bonds. The van der Waals surface area contributed by atoms with Crippen LogP contribution in [0.5, 0.6) is 0 Å². The topological polar surface area (TPSA) is 26.0 Å². The van der Waals surface area contributed by atoms with Crippen molar-refractivity contribution in [2.75, 3.05) is 0 Å². The molecule has 2 rings (SSSR count). The average molecular weight is 239 g/mol. The first kappa shape index (κ1) is 11.9. The van der Waals surface area contributed by atoms with Crippen molar-refractivity contribution in [1.82, 2.24) is 0 Å². The lowest BCUT2D eigenvalue weighted by Gasteiger charge is -2.18. The second-order valence-electron chi connectivity index (χ2n) is 4.09. The molecule has 2 N–H and O–H groups in total. The number of halogens is 3. The van der Waals surface area contributed by atoms with Crippen molar-refractivity contribution in [1.29, 1.82) is 0 Å². The smallest absolute Gasteiger partial charge is 0.316 e. The molecule has 0 radical (unpaired) electrons. The van der Waals surface area contributed by atoms with Crippen molar-refractivity contribution in [3.05, 3.63) is 47.5 Å². The maximum Gasteiger partial charge on any atom is 0.407 e. The molecule has 0 aliphatic carbocycles. The summed E-state index contributed by atoms with van der Waals surface area (Å²) in [5.74, 6) is 0. The lowest BCUT2D eigenvalue weighted by atomic mass is 9.98. The van der Waals surface area contributed by atoms with E-state index < -0.39 is 12.2 Å². The fraction of sp³-hybridized carbons (Fsp3) is 0.231. The molecule has 4 heteroatoms. The number of benzene rings is 2. The summed E-state index contributed by atoms with van der Waals surface area (Å²) in [5, 5.41) is 1.34. The Kier molecular flexibility index (Phi) is 2.83. The van der Waals surface area contributed by atoms with Gasteiger partial charge in [0.05, 0.1) is 0 Å². The van der Waals surface area contributed by atoms with Gasteiger partial charge in [0, 0.05) is 0 Å². The fourth-order valence-electron chi connectivity index (χ4n) is 1.88. The Balaban J connectivity index is 2.63. The molecule has 90 valence electrons. The summed E-state index contributed by atoms with van der Waals surface area (Å²) in [6.45, 7) is 1.90. The van der Waals surface area contributed by atoms with Gasteiger partial charge in [-0.3, -0.25) is 0 Å². The minimum atomic E-state index is -4.42. The van der Waals surface area contributed by atoms with E-state index in [9.17, 15) is 13.2 Å². The fourth-order valence-corrected chi connectivity index (χ4v) is 1.88. The van der Waals surface area contributed by atoms with Crippen LogP contribution < -0.4 is 5.73 Å². The van der Waals surface area contributed by atoms with Crippen molar-refractivity contribution >= 4 is 10.8 Å². The summed E-state index contributed by atoms with van der Waals surface area (Å²) in [5.41, 5.74) is 6.38. The third-order valence-electron chi connectivity index (χ3n) is 2.76. The van der Waals surface area contributed by atoms with Gasteiger partial charge in [0.15, 0.2) is 0 Å². The first-order valence-electron chi connectivity index (χ1n) is 5.21. The Morgan fingerprint density at radius 2 is 1.82 bits per heavy atom. The van der Waals surface area contributed by atoms with E-state index in [4.69, 9.17) is 5.73 Å². The predicted molar refractivity (Wildman–Crippen MR) is 61.7 cm³/mol. The van der Waals surface area contributed by atoms with E-state index >= 15 is 0 Å². The quantitative estimate of drug-likeness (QED) is 0.806. The first-order chi connectivity index (χ1) is 7.89. The lowest BCUT2D eigenvalue weighted by molar-refractivity contribution is -0.148. The van der Waals surface area contributed by atoms with E-state index in [1.54, 1.807) is 24.3 Å². The molecule has 0 aromatic heterocycles. The van der Waals surface area contributed by atoms with E-state index in [0.717, 1.165) is 10.9 Å². The molecule has 2 aromatic rings. The summed E-state index contributed by atoms with van der Waals surface area (Å²) in [4.78, 5) is 0. The summed E-state index contributed by atoms with van der Waals surface area (Å²) >= 11 is 0. The van der Waals surface area contributed by atoms with Gasteiger partial charge in [0.25, 0.3) is 0 Å². The molecule has 0 aliphatic heterocycles. The van der Waals surface area contributed by atoms with Gasteiger partial charge in [-0.25, -0.2) is 0 Å². The van der Waals surface area contributed by atoms with Gasteiger partial charge in [-0.05, 0) is 23.3 Å². The molecular formula is C13H12F3N. The normalized spacial score (nSPS) is 13.9. The Labute approximate surface area is 97.0 Å². The zero-order valence-corrected chi connectivity index (χ0v) is 9.25. The van der Waals surface area contributed by atoms with E-state index in [-0.39, 0.29) is 5.56 Å². The largest absolute Gasteiger partial charge is 0.407 e. The van der Waals surface area contributed by atoms with E-state index in [1.165, 1.54) is 6.07 Å². The van der Waals surface area contributed by atoms with Crippen LogP contribution in [0.4, 0.5) is 13.2 Å². The summed E-state index contributed by atoms with van der Waals surface area (Å²) in [7, 11) is 0. The van der Waals surface area contributed by atoms with Crippen LogP contribution in [-0.2, 0) is 0 Å². The lowest BCUT2D eigenvalue weighted by Crippen LogP contribution is -2.28. The van der Waals surface area contributed by atoms with Gasteiger partial charge in [0.2, 0.25) is 0 Å². The van der Waals surface area contributed by atoms with Crippen molar-refractivity contribution in [2.24, 2.45) is 5.73 Å². The third kappa shape index (κ3) is 2.26. The van der Waals surface area contributed by atoms with Crippen LogP contribution in [0.25, 0.3) is 10.8 Å². The maximum atomic E-state index is 12.6. The summed E-state index contributed by atoms with van der Waals surface area (Å²) < 4.78 is 37.9. The van der Waals surface area contributed by atoms with Crippen LogP contribution in [0.2, 0.25) is 0 Å².